The van der Waals surface area contributed by atoms with E-state index in [1.807, 2.05) is 0 Å². The third-order valence-electron chi connectivity index (χ3n) is 2.38. The van der Waals surface area contributed by atoms with E-state index in [0.717, 1.165) is 31.3 Å². The maximum absolute atomic E-state index is 2.28. The molecule has 0 saturated carbocycles. The van der Waals surface area contributed by atoms with E-state index in [4.69, 9.17) is 0 Å². The fourth-order valence-corrected chi connectivity index (χ4v) is 2.99. The monoisotopic (exact) mass is 373 g/mol. The van der Waals surface area contributed by atoms with E-state index in [9.17, 15) is 0 Å². The number of rotatable bonds is 2. The van der Waals surface area contributed by atoms with Crippen LogP contribution in [0.25, 0.3) is 0 Å². The number of nitrogens with zero attached hydrogens (tertiary/aromatic N) is 1. The molecule has 13 heavy (non-hydrogen) atoms. The summed E-state index contributed by atoms with van der Waals surface area (Å²) in [4.78, 5) is 2.24. The zero-order chi connectivity index (χ0) is 10.0. The Bertz CT molecular complexity index is 305. The predicted molar refractivity (Wildman–Crippen MR) is 61.5 cm³/mol. The Morgan fingerprint density at radius 2 is 1.85 bits per heavy atom. The van der Waals surface area contributed by atoms with Gasteiger partial charge in [-0.1, -0.05) is 0 Å². The van der Waals surface area contributed by atoms with Gasteiger partial charge in [0, 0.05) is 0 Å². The Morgan fingerprint density at radius 3 is 2.38 bits per heavy atom. The van der Waals surface area contributed by atoms with Crippen molar-refractivity contribution in [2.45, 2.75) is 20.4 Å². The second-order valence-corrected chi connectivity index (χ2v) is 6.23. The van der Waals surface area contributed by atoms with Gasteiger partial charge in [-0.25, -0.2) is 0 Å². The first kappa shape index (κ1) is 11.1. The number of hydrogen-bond acceptors (Lipinski definition) is 1. The third kappa shape index (κ3) is 2.75. The molecule has 0 spiro atoms. The van der Waals surface area contributed by atoms with Crippen molar-refractivity contribution in [1.82, 2.24) is 4.90 Å². The van der Waals surface area contributed by atoms with Gasteiger partial charge in [0.25, 0.3) is 0 Å². The Morgan fingerprint density at radius 1 is 1.23 bits per heavy atom. The molecule has 0 aliphatic rings. The molecule has 1 rings (SSSR count). The summed E-state index contributed by atoms with van der Waals surface area (Å²) in [6.45, 7) is 5.51. The minimum atomic E-state index is 0.944. The molecule has 72 valence electrons. The van der Waals surface area contributed by atoms with E-state index in [1.165, 1.54) is 11.1 Å². The van der Waals surface area contributed by atoms with Crippen LogP contribution in [-0.2, 0) is 6.54 Å². The molecule has 0 unspecified atom stereocenters. The summed E-state index contributed by atoms with van der Waals surface area (Å²) >= 11 is 0.944. The zero-order valence-electron chi connectivity index (χ0n) is 8.89. The average Bonchev–Trinajstić information content (AvgIpc) is 2.05. The van der Waals surface area contributed by atoms with E-state index in [2.05, 4.69) is 45.0 Å². The van der Waals surface area contributed by atoms with Crippen molar-refractivity contribution in [3.63, 3.8) is 0 Å². The van der Waals surface area contributed by atoms with Crippen molar-refractivity contribution in [2.24, 2.45) is 0 Å². The molecule has 1 aromatic rings. The van der Waals surface area contributed by atoms with Gasteiger partial charge in [0.1, 0.15) is 0 Å². The molecule has 1 aromatic carbocycles. The Hall–Kier alpha value is 0.0631. The minimum absolute atomic E-state index is 0.944. The topological polar surface area (TPSA) is 3.24 Å². The van der Waals surface area contributed by atoms with Crippen LogP contribution in [0.5, 0.6) is 0 Å². The summed E-state index contributed by atoms with van der Waals surface area (Å²) in [7, 11) is 4.26. The van der Waals surface area contributed by atoms with Crippen LogP contribution >= 0.6 is 0 Å². The quantitative estimate of drug-likeness (QED) is 0.688. The van der Waals surface area contributed by atoms with Gasteiger partial charge in [0.05, 0.1) is 0 Å². The number of hydrogen-bond donors (Lipinski definition) is 0. The van der Waals surface area contributed by atoms with Gasteiger partial charge in [-0.05, 0) is 0 Å². The average molecular weight is 373 g/mol. The SMILES string of the molecule is Cc1cc[c]([BiH2])c(CN(C)C)c1C. The maximum atomic E-state index is 2.28. The fourth-order valence-electron chi connectivity index (χ4n) is 1.42. The van der Waals surface area contributed by atoms with Crippen molar-refractivity contribution < 1.29 is 0 Å². The summed E-state index contributed by atoms with van der Waals surface area (Å²) in [5.41, 5.74) is 4.45. The van der Waals surface area contributed by atoms with Crippen LogP contribution < -0.4 is 3.27 Å². The summed E-state index contributed by atoms with van der Waals surface area (Å²) in [6, 6.07) is 4.52. The Kier molecular flexibility index (Phi) is 3.88. The van der Waals surface area contributed by atoms with Crippen LogP contribution in [-0.4, -0.2) is 43.7 Å². The molecule has 0 amide bonds. The van der Waals surface area contributed by atoms with Crippen LogP contribution in [0.3, 0.4) is 0 Å². The molecule has 0 aromatic heterocycles. The van der Waals surface area contributed by atoms with Gasteiger partial charge in [-0.2, -0.15) is 0 Å². The van der Waals surface area contributed by atoms with Crippen molar-refractivity contribution >= 4 is 28.0 Å². The van der Waals surface area contributed by atoms with Gasteiger partial charge in [0.2, 0.25) is 0 Å². The standard InChI is InChI=1S/C11H16N.Bi.2H/c1-9-6-5-7-11(10(9)2)8-12(3)4;;;/h5-6H,8H2,1-4H3;;;. The molecule has 0 aliphatic carbocycles. The first-order valence-electron chi connectivity index (χ1n) is 4.51. The second-order valence-electron chi connectivity index (χ2n) is 3.81. The molecule has 0 fully saturated rings. The van der Waals surface area contributed by atoms with Crippen molar-refractivity contribution in [3.05, 3.63) is 28.8 Å². The summed E-state index contributed by atoms with van der Waals surface area (Å²) < 4.78 is 1.57. The summed E-state index contributed by atoms with van der Waals surface area (Å²) in [5.74, 6) is 0. The van der Waals surface area contributed by atoms with E-state index in [1.54, 1.807) is 8.83 Å². The summed E-state index contributed by atoms with van der Waals surface area (Å²) in [6.07, 6.45) is 0. The van der Waals surface area contributed by atoms with Crippen LogP contribution in [0.1, 0.15) is 16.7 Å². The molecule has 0 radical (unpaired) electrons. The van der Waals surface area contributed by atoms with Gasteiger partial charge in [-0.15, -0.1) is 0 Å². The molecule has 0 aliphatic heterocycles. The van der Waals surface area contributed by atoms with E-state index in [0.29, 0.717) is 0 Å². The molecular weight excluding hydrogens is 355 g/mol. The van der Waals surface area contributed by atoms with E-state index < -0.39 is 0 Å². The first-order chi connectivity index (χ1) is 6.02. The normalized spacial score (nSPS) is 10.9. The fraction of sp³-hybridized carbons (Fsp3) is 0.455. The van der Waals surface area contributed by atoms with Crippen LogP contribution in [0.2, 0.25) is 0 Å². The molecule has 0 atom stereocenters. The van der Waals surface area contributed by atoms with E-state index >= 15 is 0 Å². The molecule has 0 saturated heterocycles. The van der Waals surface area contributed by atoms with E-state index in [-0.39, 0.29) is 0 Å². The van der Waals surface area contributed by atoms with Crippen molar-refractivity contribution in [3.8, 4) is 0 Å². The molecule has 1 nitrogen and oxygen atoms in total. The molecule has 0 N–H and O–H groups in total. The predicted octanol–water partition coefficient (Wildman–Crippen LogP) is 0.623. The number of aryl methyl sites for hydroxylation is 1. The molecule has 0 heterocycles. The number of benzene rings is 1. The summed E-state index contributed by atoms with van der Waals surface area (Å²) in [5, 5.41) is 0. The van der Waals surface area contributed by atoms with Gasteiger partial charge >= 0.3 is 96.2 Å². The molecule has 0 bridgehead atoms. The Labute approximate surface area is 96.0 Å². The second kappa shape index (κ2) is 4.53. The Balaban J connectivity index is 3.10. The molecular formula is C11H18BiN. The van der Waals surface area contributed by atoms with Gasteiger partial charge < -0.3 is 0 Å². The van der Waals surface area contributed by atoms with Crippen LogP contribution in [0, 0.1) is 13.8 Å². The third-order valence-corrected chi connectivity index (χ3v) is 4.48. The van der Waals surface area contributed by atoms with Crippen LogP contribution in [0.15, 0.2) is 12.1 Å². The van der Waals surface area contributed by atoms with Gasteiger partial charge in [0.15, 0.2) is 0 Å². The molecule has 2 heteroatoms. The van der Waals surface area contributed by atoms with Crippen molar-refractivity contribution in [2.75, 3.05) is 14.1 Å². The van der Waals surface area contributed by atoms with Crippen LogP contribution in [0.4, 0.5) is 0 Å². The first-order valence-corrected chi connectivity index (χ1v) is 6.76. The van der Waals surface area contributed by atoms with Crippen molar-refractivity contribution in [1.29, 1.82) is 0 Å². The zero-order valence-corrected chi connectivity index (χ0v) is 13.4. The van der Waals surface area contributed by atoms with Gasteiger partial charge in [-0.3, -0.25) is 0 Å².